The standard InChI is InChI=1S/C4H4O6.Sb/c5-1(3(7)8)2(6)4(9)10;/h1-2H,(H,7,8)(H,9,10);/q-2;+2/t1-,2+;. The summed E-state index contributed by atoms with van der Waals surface area (Å²) in [5.41, 5.74) is 0. The Morgan fingerprint density at radius 1 is 1.09 bits per heavy atom. The van der Waals surface area contributed by atoms with Crippen molar-refractivity contribution in [2.75, 3.05) is 0 Å². The molecule has 0 aromatic carbocycles. The normalized spacial score (nSPS) is 30.2. The third kappa shape index (κ3) is 1.83. The molecule has 2 atom stereocenters. The van der Waals surface area contributed by atoms with Crippen molar-refractivity contribution in [1.29, 1.82) is 0 Å². The summed E-state index contributed by atoms with van der Waals surface area (Å²) in [6.07, 6.45) is -2.63. The summed E-state index contributed by atoms with van der Waals surface area (Å²) < 4.78 is 9.27. The van der Waals surface area contributed by atoms with E-state index in [0.29, 0.717) is 0 Å². The second kappa shape index (κ2) is 3.38. The van der Waals surface area contributed by atoms with Crippen LogP contribution in [-0.4, -0.2) is 56.8 Å². The molecule has 0 aromatic rings. The molecule has 6 nitrogen and oxygen atoms in total. The maximum absolute atomic E-state index is 10.3. The second-order valence-corrected chi connectivity index (χ2v) is 3.43. The van der Waals surface area contributed by atoms with Crippen molar-refractivity contribution >= 4 is 34.4 Å². The van der Waals surface area contributed by atoms with E-state index in [1.165, 1.54) is 0 Å². The molecule has 0 saturated carbocycles. The van der Waals surface area contributed by atoms with Crippen LogP contribution in [0.2, 0.25) is 0 Å². The summed E-state index contributed by atoms with van der Waals surface area (Å²) >= 11 is -1.49. The van der Waals surface area contributed by atoms with Crippen LogP contribution in [0.15, 0.2) is 0 Å². The summed E-state index contributed by atoms with van der Waals surface area (Å²) in [7, 11) is 0. The van der Waals surface area contributed by atoms with Gasteiger partial charge in [0.25, 0.3) is 0 Å². The molecule has 1 saturated heterocycles. The van der Waals surface area contributed by atoms with E-state index in [-0.39, 0.29) is 0 Å². The molecule has 1 heterocycles. The third-order valence-corrected chi connectivity index (χ3v) is 2.86. The number of carboxylic acid groups (broad SMARTS) is 2. The first-order valence-electron chi connectivity index (χ1n) is 2.60. The molecule has 0 amide bonds. The zero-order chi connectivity index (χ0) is 8.43. The molecule has 0 unspecified atom stereocenters. The number of aliphatic carboxylic acids is 2. The molecule has 61 valence electrons. The first-order chi connectivity index (χ1) is 5.13. The van der Waals surface area contributed by atoms with Crippen molar-refractivity contribution in [2.24, 2.45) is 0 Å². The Morgan fingerprint density at radius 3 is 1.73 bits per heavy atom. The SMILES string of the molecule is O=C(O)[C@H]1[O][Sb][O][C@H]1C(=O)O. The summed E-state index contributed by atoms with van der Waals surface area (Å²) in [6.45, 7) is 0. The second-order valence-electron chi connectivity index (χ2n) is 1.80. The quantitative estimate of drug-likeness (QED) is 0.591. The van der Waals surface area contributed by atoms with Crippen molar-refractivity contribution in [3.8, 4) is 0 Å². The van der Waals surface area contributed by atoms with Gasteiger partial charge >= 0.3 is 72.4 Å². The van der Waals surface area contributed by atoms with E-state index in [1.54, 1.807) is 0 Å². The average molecular weight is 270 g/mol. The van der Waals surface area contributed by atoms with Crippen LogP contribution in [0.5, 0.6) is 0 Å². The summed E-state index contributed by atoms with van der Waals surface area (Å²) in [4.78, 5) is 20.5. The van der Waals surface area contributed by atoms with Gasteiger partial charge in [-0.15, -0.1) is 0 Å². The first-order valence-corrected chi connectivity index (χ1v) is 4.69. The predicted molar refractivity (Wildman–Crippen MR) is 30.8 cm³/mol. The van der Waals surface area contributed by atoms with E-state index in [9.17, 15) is 9.59 Å². The molecule has 0 spiro atoms. The molecule has 0 bridgehead atoms. The summed E-state index contributed by atoms with van der Waals surface area (Å²) in [5, 5.41) is 16.8. The molecule has 1 radical (unpaired) electrons. The van der Waals surface area contributed by atoms with E-state index < -0.39 is 46.6 Å². The number of hydrogen-bond acceptors (Lipinski definition) is 4. The van der Waals surface area contributed by atoms with Gasteiger partial charge in [0.2, 0.25) is 0 Å². The van der Waals surface area contributed by atoms with Gasteiger partial charge in [-0.25, -0.2) is 0 Å². The zero-order valence-electron chi connectivity index (χ0n) is 5.13. The van der Waals surface area contributed by atoms with Gasteiger partial charge in [-0.3, -0.25) is 0 Å². The Kier molecular flexibility index (Phi) is 2.70. The summed E-state index contributed by atoms with van der Waals surface area (Å²) in [5.74, 6) is -2.57. The van der Waals surface area contributed by atoms with Crippen LogP contribution >= 0.6 is 0 Å². The monoisotopic (exact) mass is 269 g/mol. The van der Waals surface area contributed by atoms with Crippen LogP contribution in [0, 0.1) is 0 Å². The Morgan fingerprint density at radius 2 is 1.45 bits per heavy atom. The zero-order valence-corrected chi connectivity index (χ0v) is 7.68. The molecule has 1 aliphatic rings. The maximum atomic E-state index is 10.3. The molecular weight excluding hydrogens is 266 g/mol. The van der Waals surface area contributed by atoms with E-state index >= 15 is 0 Å². The van der Waals surface area contributed by atoms with Crippen LogP contribution in [0.3, 0.4) is 0 Å². The van der Waals surface area contributed by atoms with Crippen LogP contribution in [0.4, 0.5) is 0 Å². The van der Waals surface area contributed by atoms with Gasteiger partial charge in [0.05, 0.1) is 0 Å². The Balaban J connectivity index is 2.65. The van der Waals surface area contributed by atoms with Gasteiger partial charge in [0.1, 0.15) is 0 Å². The van der Waals surface area contributed by atoms with Crippen molar-refractivity contribution in [3.63, 3.8) is 0 Å². The Hall–Kier alpha value is -0.322. The topological polar surface area (TPSA) is 93.1 Å². The Bertz CT molecular complexity index is 171. The van der Waals surface area contributed by atoms with E-state index in [0.717, 1.165) is 0 Å². The predicted octanol–water partition coefficient (Wildman–Crippen LogP) is -1.53. The molecule has 1 fully saturated rings. The molecular formula is C4H4O6Sb. The van der Waals surface area contributed by atoms with Crippen molar-refractivity contribution in [2.45, 2.75) is 12.2 Å². The number of hydrogen-bond donors (Lipinski definition) is 2. The minimum absolute atomic E-state index is 1.29. The van der Waals surface area contributed by atoms with Gasteiger partial charge in [0.15, 0.2) is 0 Å². The van der Waals surface area contributed by atoms with Gasteiger partial charge in [-0.1, -0.05) is 0 Å². The molecule has 1 rings (SSSR count). The number of rotatable bonds is 2. The third-order valence-electron chi connectivity index (χ3n) is 1.07. The fourth-order valence-corrected chi connectivity index (χ4v) is 2.39. The molecule has 2 N–H and O–H groups in total. The van der Waals surface area contributed by atoms with Gasteiger partial charge in [-0.2, -0.15) is 0 Å². The molecule has 0 aromatic heterocycles. The fraction of sp³-hybridized carbons (Fsp3) is 0.500. The molecule has 1 aliphatic heterocycles. The van der Waals surface area contributed by atoms with Crippen molar-refractivity contribution < 1.29 is 25.8 Å². The van der Waals surface area contributed by atoms with E-state index in [2.05, 4.69) is 6.03 Å². The number of carbonyl (C=O) groups is 2. The summed E-state index contributed by atoms with van der Waals surface area (Å²) in [6, 6.07) is 0. The van der Waals surface area contributed by atoms with Crippen molar-refractivity contribution in [1.82, 2.24) is 0 Å². The van der Waals surface area contributed by atoms with E-state index in [1.807, 2.05) is 0 Å². The fourth-order valence-electron chi connectivity index (χ4n) is 0.577. The van der Waals surface area contributed by atoms with Crippen molar-refractivity contribution in [3.05, 3.63) is 0 Å². The van der Waals surface area contributed by atoms with E-state index in [4.69, 9.17) is 10.2 Å². The first kappa shape index (κ1) is 8.77. The average Bonchev–Trinajstić information content (AvgIpc) is 2.32. The van der Waals surface area contributed by atoms with Crippen LogP contribution in [0.25, 0.3) is 0 Å². The molecule has 0 aliphatic carbocycles. The number of carboxylic acids is 2. The molecule has 11 heavy (non-hydrogen) atoms. The Labute approximate surface area is 72.8 Å². The van der Waals surface area contributed by atoms with Gasteiger partial charge < -0.3 is 0 Å². The van der Waals surface area contributed by atoms with Crippen LogP contribution in [0.1, 0.15) is 0 Å². The minimum atomic E-state index is -1.49. The van der Waals surface area contributed by atoms with Crippen LogP contribution in [-0.2, 0) is 15.6 Å². The van der Waals surface area contributed by atoms with Gasteiger partial charge in [0, 0.05) is 0 Å². The molecule has 7 heteroatoms. The van der Waals surface area contributed by atoms with Gasteiger partial charge in [-0.05, 0) is 0 Å². The van der Waals surface area contributed by atoms with Crippen LogP contribution < -0.4 is 0 Å².